The second kappa shape index (κ2) is 10.1. The molecule has 160 valence electrons. The van der Waals surface area contributed by atoms with Gasteiger partial charge in [0.1, 0.15) is 22.5 Å². The van der Waals surface area contributed by atoms with Crippen molar-refractivity contribution in [3.05, 3.63) is 66.7 Å². The highest BCUT2D eigenvalue weighted by Crippen LogP contribution is 2.35. The largest absolute Gasteiger partial charge is 0.507 e. The molecule has 0 fully saturated rings. The number of phenols is 1. The van der Waals surface area contributed by atoms with Gasteiger partial charge in [-0.05, 0) is 42.8 Å². The average molecular weight is 416 g/mol. The second-order valence-corrected chi connectivity index (χ2v) is 7.79. The number of rotatable bonds is 10. The molecule has 0 atom stereocenters. The molecule has 0 aliphatic heterocycles. The Morgan fingerprint density at radius 1 is 0.774 bits per heavy atom. The summed E-state index contributed by atoms with van der Waals surface area (Å²) in [5.74, 6) is 1.00. The van der Waals surface area contributed by atoms with Crippen LogP contribution in [-0.4, -0.2) is 26.7 Å². The smallest absolute Gasteiger partial charge is 0.123 e. The molecule has 5 heteroatoms. The molecule has 0 aliphatic carbocycles. The molecule has 0 radical (unpaired) electrons. The number of nitrogens with zero attached hydrogens (tertiary/aromatic N) is 3. The molecular formula is C26H29N3O2. The minimum Gasteiger partial charge on any atom is -0.507 e. The number of hydrogen-bond acceptors (Lipinski definition) is 4. The Balaban J connectivity index is 1.59. The Bertz CT molecular complexity index is 1100. The van der Waals surface area contributed by atoms with E-state index >= 15 is 0 Å². The van der Waals surface area contributed by atoms with Crippen LogP contribution in [0, 0.1) is 0 Å². The summed E-state index contributed by atoms with van der Waals surface area (Å²) >= 11 is 0. The molecule has 0 aliphatic rings. The van der Waals surface area contributed by atoms with E-state index in [1.165, 1.54) is 32.1 Å². The lowest BCUT2D eigenvalue weighted by atomic mass is 10.0. The van der Waals surface area contributed by atoms with Crippen LogP contribution in [-0.2, 0) is 0 Å². The Hall–Kier alpha value is -3.34. The van der Waals surface area contributed by atoms with Gasteiger partial charge in [0.15, 0.2) is 0 Å². The van der Waals surface area contributed by atoms with Gasteiger partial charge in [0.05, 0.1) is 12.3 Å². The first-order valence-electron chi connectivity index (χ1n) is 11.1. The van der Waals surface area contributed by atoms with E-state index in [1.807, 2.05) is 60.7 Å². The van der Waals surface area contributed by atoms with Crippen LogP contribution >= 0.6 is 0 Å². The topological polar surface area (TPSA) is 60.2 Å². The summed E-state index contributed by atoms with van der Waals surface area (Å²) in [6.45, 7) is 2.92. The van der Waals surface area contributed by atoms with Crippen molar-refractivity contribution in [1.29, 1.82) is 0 Å². The molecule has 1 N–H and O–H groups in total. The molecule has 31 heavy (non-hydrogen) atoms. The molecule has 5 nitrogen and oxygen atoms in total. The number of para-hydroxylation sites is 1. The molecule has 0 unspecified atom stereocenters. The summed E-state index contributed by atoms with van der Waals surface area (Å²) in [6.07, 6.45) is 7.37. The highest BCUT2D eigenvalue weighted by molar-refractivity contribution is 5.80. The predicted molar refractivity (Wildman–Crippen MR) is 125 cm³/mol. The molecule has 0 saturated heterocycles. The normalized spacial score (nSPS) is 11.1. The lowest BCUT2D eigenvalue weighted by molar-refractivity contribution is 0.304. The first-order valence-corrected chi connectivity index (χ1v) is 11.1. The van der Waals surface area contributed by atoms with Gasteiger partial charge in [-0.2, -0.15) is 0 Å². The quantitative estimate of drug-likeness (QED) is 0.299. The highest BCUT2D eigenvalue weighted by Gasteiger charge is 2.15. The number of phenolic OH excluding ortho intramolecular Hbond substituents is 1. The van der Waals surface area contributed by atoms with Crippen LogP contribution in [0.25, 0.3) is 27.8 Å². The maximum atomic E-state index is 10.5. The van der Waals surface area contributed by atoms with Crippen LogP contribution in [0.1, 0.15) is 45.4 Å². The molecule has 0 saturated carbocycles. The molecule has 0 amide bonds. The van der Waals surface area contributed by atoms with Gasteiger partial charge in [0.2, 0.25) is 0 Å². The Morgan fingerprint density at radius 2 is 1.45 bits per heavy atom. The van der Waals surface area contributed by atoms with Gasteiger partial charge in [-0.3, -0.25) is 0 Å². The number of aromatic nitrogens is 3. The van der Waals surface area contributed by atoms with Crippen molar-refractivity contribution in [1.82, 2.24) is 15.0 Å². The number of fused-ring (bicyclic) bond motifs is 1. The third-order valence-electron chi connectivity index (χ3n) is 5.43. The fourth-order valence-electron chi connectivity index (χ4n) is 3.74. The summed E-state index contributed by atoms with van der Waals surface area (Å²) in [4.78, 5) is 1.63. The summed E-state index contributed by atoms with van der Waals surface area (Å²) < 4.78 is 6.03. The SMILES string of the molecule is CCCCCCCCOc1ccc(-n2nc3ccccc3n2)c(-c2ccccc2O)c1. The Labute approximate surface area is 183 Å². The number of hydrogen-bond donors (Lipinski definition) is 1. The summed E-state index contributed by atoms with van der Waals surface area (Å²) in [7, 11) is 0. The average Bonchev–Trinajstić information content (AvgIpc) is 3.23. The molecule has 3 aromatic carbocycles. The number of aromatic hydroxyl groups is 1. The van der Waals surface area contributed by atoms with E-state index in [1.54, 1.807) is 10.9 Å². The highest BCUT2D eigenvalue weighted by atomic mass is 16.5. The molecule has 0 bridgehead atoms. The van der Waals surface area contributed by atoms with Crippen molar-refractivity contribution >= 4 is 11.0 Å². The van der Waals surface area contributed by atoms with Gasteiger partial charge in [-0.25, -0.2) is 0 Å². The molecule has 4 rings (SSSR count). The van der Waals surface area contributed by atoms with Crippen molar-refractivity contribution in [3.8, 4) is 28.3 Å². The van der Waals surface area contributed by atoms with Gasteiger partial charge < -0.3 is 9.84 Å². The molecular weight excluding hydrogens is 386 g/mol. The van der Waals surface area contributed by atoms with Gasteiger partial charge in [0, 0.05) is 11.1 Å². The third kappa shape index (κ3) is 5.05. The standard InChI is InChI=1S/C26H29N3O2/c1-2-3-4-5-6-11-18-31-20-16-17-25(22(19-20)21-12-7-10-15-26(21)30)29-27-23-13-8-9-14-24(23)28-29/h7-10,12-17,19,30H,2-6,11,18H2,1H3. The zero-order valence-electron chi connectivity index (χ0n) is 18.0. The van der Waals surface area contributed by atoms with Crippen molar-refractivity contribution in [2.75, 3.05) is 6.61 Å². The summed E-state index contributed by atoms with van der Waals surface area (Å²) in [5.41, 5.74) is 4.01. The van der Waals surface area contributed by atoms with E-state index in [2.05, 4.69) is 17.1 Å². The number of ether oxygens (including phenoxy) is 1. The van der Waals surface area contributed by atoms with Gasteiger partial charge in [-0.1, -0.05) is 69.4 Å². The van der Waals surface area contributed by atoms with Gasteiger partial charge in [-0.15, -0.1) is 15.0 Å². The number of unbranched alkanes of at least 4 members (excludes halogenated alkanes) is 5. The van der Waals surface area contributed by atoms with E-state index in [9.17, 15) is 5.11 Å². The van der Waals surface area contributed by atoms with Gasteiger partial charge in [0.25, 0.3) is 0 Å². The van der Waals surface area contributed by atoms with Crippen LogP contribution in [0.5, 0.6) is 11.5 Å². The number of benzene rings is 3. The maximum absolute atomic E-state index is 10.5. The second-order valence-electron chi connectivity index (χ2n) is 7.79. The monoisotopic (exact) mass is 415 g/mol. The zero-order chi connectivity index (χ0) is 21.5. The molecule has 0 spiro atoms. The first-order chi connectivity index (χ1) is 15.3. The fraction of sp³-hybridized carbons (Fsp3) is 0.308. The van der Waals surface area contributed by atoms with Crippen molar-refractivity contribution in [2.45, 2.75) is 45.4 Å². The minimum absolute atomic E-state index is 0.216. The van der Waals surface area contributed by atoms with E-state index in [-0.39, 0.29) is 5.75 Å². The predicted octanol–water partition coefficient (Wildman–Crippen LogP) is 6.53. The zero-order valence-corrected chi connectivity index (χ0v) is 18.0. The molecule has 1 aromatic heterocycles. The summed E-state index contributed by atoms with van der Waals surface area (Å²) in [6, 6.07) is 21.0. The Morgan fingerprint density at radius 3 is 2.19 bits per heavy atom. The van der Waals surface area contributed by atoms with E-state index < -0.39 is 0 Å². The Kier molecular flexibility index (Phi) is 6.82. The van der Waals surface area contributed by atoms with Crippen LogP contribution in [0.4, 0.5) is 0 Å². The van der Waals surface area contributed by atoms with Crippen LogP contribution in [0.3, 0.4) is 0 Å². The molecule has 1 heterocycles. The first kappa shape index (κ1) is 20.9. The van der Waals surface area contributed by atoms with Crippen molar-refractivity contribution in [2.24, 2.45) is 0 Å². The van der Waals surface area contributed by atoms with Crippen LogP contribution in [0.2, 0.25) is 0 Å². The minimum atomic E-state index is 0.216. The van der Waals surface area contributed by atoms with E-state index in [4.69, 9.17) is 4.74 Å². The van der Waals surface area contributed by atoms with E-state index in [0.717, 1.165) is 40.0 Å². The lowest BCUT2D eigenvalue weighted by Crippen LogP contribution is -2.03. The van der Waals surface area contributed by atoms with Crippen LogP contribution in [0.15, 0.2) is 66.7 Å². The third-order valence-corrected chi connectivity index (χ3v) is 5.43. The van der Waals surface area contributed by atoms with Gasteiger partial charge >= 0.3 is 0 Å². The van der Waals surface area contributed by atoms with Crippen molar-refractivity contribution < 1.29 is 9.84 Å². The van der Waals surface area contributed by atoms with Crippen LogP contribution < -0.4 is 4.74 Å². The lowest BCUT2D eigenvalue weighted by Gasteiger charge is -2.13. The maximum Gasteiger partial charge on any atom is 0.123 e. The fourth-order valence-corrected chi connectivity index (χ4v) is 3.74. The molecule has 4 aromatic rings. The van der Waals surface area contributed by atoms with Crippen molar-refractivity contribution in [3.63, 3.8) is 0 Å². The van der Waals surface area contributed by atoms with E-state index in [0.29, 0.717) is 6.61 Å². The summed E-state index contributed by atoms with van der Waals surface area (Å²) in [5, 5.41) is 19.7.